The number of allylic oxidation sites excluding steroid dienone is 6. The lowest BCUT2D eigenvalue weighted by Crippen LogP contribution is -2.40. The molecule has 0 fully saturated rings. The van der Waals surface area contributed by atoms with Crippen molar-refractivity contribution in [3.8, 4) is 5.75 Å². The van der Waals surface area contributed by atoms with Crippen LogP contribution < -0.4 is 4.74 Å². The van der Waals surface area contributed by atoms with Crippen molar-refractivity contribution in [2.45, 2.75) is 31.6 Å². The molecule has 0 radical (unpaired) electrons. The average molecular weight is 500 g/mol. The van der Waals surface area contributed by atoms with E-state index in [1.807, 2.05) is 0 Å². The van der Waals surface area contributed by atoms with Gasteiger partial charge in [-0.15, -0.1) is 6.58 Å². The summed E-state index contributed by atoms with van der Waals surface area (Å²) in [6.07, 6.45) is 3.47. The topological polar surface area (TPSA) is 9.23 Å². The quantitative estimate of drug-likeness (QED) is 0.201. The fourth-order valence-corrected chi connectivity index (χ4v) is 3.67. The molecule has 0 spiro atoms. The lowest BCUT2D eigenvalue weighted by molar-refractivity contribution is -0.189. The van der Waals surface area contributed by atoms with Gasteiger partial charge in [-0.3, -0.25) is 0 Å². The van der Waals surface area contributed by atoms with Gasteiger partial charge >= 0.3 is 11.8 Å². The highest BCUT2D eigenvalue weighted by Crippen LogP contribution is 2.53. The number of halogens is 8. The van der Waals surface area contributed by atoms with Crippen LogP contribution in [0.15, 0.2) is 61.5 Å². The lowest BCUT2D eigenvalue weighted by atomic mass is 9.84. The molecule has 1 aliphatic carbocycles. The third kappa shape index (κ3) is 4.76. The zero-order valence-electron chi connectivity index (χ0n) is 18.5. The number of hydrogen-bond donors (Lipinski definition) is 0. The van der Waals surface area contributed by atoms with Gasteiger partial charge in [0.05, 0.1) is 18.5 Å². The predicted molar refractivity (Wildman–Crippen MR) is 117 cm³/mol. The molecule has 0 N–H and O–H groups in total. The van der Waals surface area contributed by atoms with E-state index in [1.54, 1.807) is 0 Å². The smallest absolute Gasteiger partial charge is 0.342 e. The van der Waals surface area contributed by atoms with Crippen LogP contribution in [0, 0.1) is 17.5 Å². The number of hydrogen-bond acceptors (Lipinski definition) is 1. The van der Waals surface area contributed by atoms with Crippen molar-refractivity contribution < 1.29 is 39.9 Å². The first kappa shape index (κ1) is 26.2. The summed E-state index contributed by atoms with van der Waals surface area (Å²) in [5, 5.41) is 0. The standard InChI is InChI=1S/C26H20F8O/c1-3-5-6-15-9-10-19(23(29)22(15)28)17(14-27)8-7-16-13-25(31,32)26(33,34)21-18(16)11-12-20(24(21)30)35-4-2/h3,7-14H,1,4-6H2,2H3/b8-7-,17-14-. The Kier molecular flexibility index (Phi) is 7.57. The fraction of sp³-hybridized carbons (Fsp3) is 0.231. The van der Waals surface area contributed by atoms with Crippen molar-refractivity contribution in [3.63, 3.8) is 0 Å². The van der Waals surface area contributed by atoms with Crippen LogP contribution in [0.5, 0.6) is 5.75 Å². The maximum atomic E-state index is 14.7. The maximum absolute atomic E-state index is 14.7. The van der Waals surface area contributed by atoms with E-state index in [1.165, 1.54) is 19.1 Å². The second-order valence-corrected chi connectivity index (χ2v) is 7.66. The van der Waals surface area contributed by atoms with Crippen molar-refractivity contribution in [1.82, 2.24) is 0 Å². The van der Waals surface area contributed by atoms with E-state index < -0.39 is 62.9 Å². The molecule has 9 heteroatoms. The zero-order chi connectivity index (χ0) is 26.0. The molecule has 0 atom stereocenters. The minimum atomic E-state index is -4.90. The molecule has 0 saturated heterocycles. The molecule has 1 nitrogen and oxygen atoms in total. The summed E-state index contributed by atoms with van der Waals surface area (Å²) < 4.78 is 120. The summed E-state index contributed by atoms with van der Waals surface area (Å²) in [5.74, 6) is -14.6. The Hall–Kier alpha value is -3.36. The number of alkyl halides is 4. The van der Waals surface area contributed by atoms with Crippen LogP contribution in [0.3, 0.4) is 0 Å². The SMILES string of the molecule is C=CCCc1ccc(C(/C=C\C2=CC(F)(F)C(F)(F)c3c2ccc(OCC)c3F)=C\F)c(F)c1F. The second-order valence-electron chi connectivity index (χ2n) is 7.66. The highest BCUT2D eigenvalue weighted by molar-refractivity contribution is 5.84. The minimum Gasteiger partial charge on any atom is -0.491 e. The Balaban J connectivity index is 2.07. The van der Waals surface area contributed by atoms with Crippen LogP contribution in [0.1, 0.15) is 35.6 Å². The van der Waals surface area contributed by atoms with Crippen LogP contribution in [-0.2, 0) is 12.3 Å². The highest BCUT2D eigenvalue weighted by Gasteiger charge is 2.61. The van der Waals surface area contributed by atoms with Crippen LogP contribution in [0.2, 0.25) is 0 Å². The first-order chi connectivity index (χ1) is 16.5. The molecular formula is C26H20F8O. The summed E-state index contributed by atoms with van der Waals surface area (Å²) >= 11 is 0. The third-order valence-corrected chi connectivity index (χ3v) is 5.44. The maximum Gasteiger partial charge on any atom is 0.342 e. The van der Waals surface area contributed by atoms with Crippen LogP contribution in [0.25, 0.3) is 11.1 Å². The fourth-order valence-electron chi connectivity index (χ4n) is 3.67. The van der Waals surface area contributed by atoms with E-state index in [2.05, 4.69) is 6.58 Å². The highest BCUT2D eigenvalue weighted by atomic mass is 19.3. The van der Waals surface area contributed by atoms with E-state index in [4.69, 9.17) is 4.74 Å². The number of rotatable bonds is 8. The van der Waals surface area contributed by atoms with Gasteiger partial charge in [-0.25, -0.2) is 17.6 Å². The van der Waals surface area contributed by atoms with Gasteiger partial charge in [0.1, 0.15) is 0 Å². The van der Waals surface area contributed by atoms with E-state index in [0.717, 1.165) is 30.4 Å². The second kappa shape index (κ2) is 10.1. The monoisotopic (exact) mass is 500 g/mol. The van der Waals surface area contributed by atoms with Crippen molar-refractivity contribution >= 4 is 11.1 Å². The number of fused-ring (bicyclic) bond motifs is 1. The number of aryl methyl sites for hydroxylation is 1. The molecule has 0 saturated carbocycles. The molecule has 0 amide bonds. The minimum absolute atomic E-state index is 0.0275. The first-order valence-corrected chi connectivity index (χ1v) is 10.5. The van der Waals surface area contributed by atoms with E-state index in [9.17, 15) is 35.1 Å². The molecule has 2 aromatic carbocycles. The molecule has 0 aliphatic heterocycles. The molecule has 186 valence electrons. The third-order valence-electron chi connectivity index (χ3n) is 5.44. The Morgan fingerprint density at radius 1 is 1.00 bits per heavy atom. The molecular weight excluding hydrogens is 480 g/mol. The number of benzene rings is 2. The molecule has 3 rings (SSSR count). The van der Waals surface area contributed by atoms with E-state index in [-0.39, 0.29) is 31.0 Å². The summed E-state index contributed by atoms with van der Waals surface area (Å²) in [5.41, 5.74) is -3.77. The zero-order valence-corrected chi connectivity index (χ0v) is 18.5. The molecule has 0 bridgehead atoms. The molecule has 1 aliphatic rings. The Morgan fingerprint density at radius 3 is 2.34 bits per heavy atom. The van der Waals surface area contributed by atoms with Gasteiger partial charge in [-0.2, -0.15) is 17.6 Å². The number of ether oxygens (including phenoxy) is 1. The summed E-state index contributed by atoms with van der Waals surface area (Å²) in [6, 6.07) is 4.31. The summed E-state index contributed by atoms with van der Waals surface area (Å²) in [7, 11) is 0. The van der Waals surface area contributed by atoms with E-state index >= 15 is 0 Å². The van der Waals surface area contributed by atoms with Gasteiger partial charge < -0.3 is 4.74 Å². The first-order valence-electron chi connectivity index (χ1n) is 10.5. The Labute approximate surface area is 196 Å². The molecule has 35 heavy (non-hydrogen) atoms. The summed E-state index contributed by atoms with van der Waals surface area (Å²) in [4.78, 5) is 0. The molecule has 2 aromatic rings. The normalized spacial score (nSPS) is 16.7. The molecule has 0 aromatic heterocycles. The van der Waals surface area contributed by atoms with Gasteiger partial charge in [0.25, 0.3) is 0 Å². The van der Waals surface area contributed by atoms with Gasteiger partial charge in [0.2, 0.25) is 0 Å². The van der Waals surface area contributed by atoms with Crippen molar-refractivity contribution in [3.05, 3.63) is 101 Å². The van der Waals surface area contributed by atoms with Crippen LogP contribution in [-0.4, -0.2) is 12.5 Å². The van der Waals surface area contributed by atoms with Gasteiger partial charge in [-0.1, -0.05) is 30.4 Å². The Bertz CT molecular complexity index is 1220. The largest absolute Gasteiger partial charge is 0.491 e. The predicted octanol–water partition coefficient (Wildman–Crippen LogP) is 8.31. The molecule has 0 heterocycles. The molecule has 0 unspecified atom stereocenters. The average Bonchev–Trinajstić information content (AvgIpc) is 2.80. The van der Waals surface area contributed by atoms with Crippen molar-refractivity contribution in [1.29, 1.82) is 0 Å². The Morgan fingerprint density at radius 2 is 1.71 bits per heavy atom. The van der Waals surface area contributed by atoms with Gasteiger partial charge in [0, 0.05) is 11.1 Å². The van der Waals surface area contributed by atoms with Gasteiger partial charge in [0.15, 0.2) is 23.2 Å². The summed E-state index contributed by atoms with van der Waals surface area (Å²) in [6.45, 7) is 4.85. The van der Waals surface area contributed by atoms with E-state index in [0.29, 0.717) is 6.42 Å². The van der Waals surface area contributed by atoms with Crippen molar-refractivity contribution in [2.24, 2.45) is 0 Å². The van der Waals surface area contributed by atoms with Crippen LogP contribution >= 0.6 is 0 Å². The lowest BCUT2D eigenvalue weighted by Gasteiger charge is -2.32. The van der Waals surface area contributed by atoms with Gasteiger partial charge in [-0.05, 0) is 54.7 Å². The van der Waals surface area contributed by atoms with Crippen molar-refractivity contribution in [2.75, 3.05) is 6.61 Å². The van der Waals surface area contributed by atoms with Crippen LogP contribution in [0.4, 0.5) is 35.1 Å².